The first-order valence-corrected chi connectivity index (χ1v) is 3.82. The summed E-state index contributed by atoms with van der Waals surface area (Å²) in [5.74, 6) is 1.01. The molecule has 2 nitrogen and oxygen atoms in total. The monoisotopic (exact) mass is 148 g/mol. The lowest BCUT2D eigenvalue weighted by atomic mass is 10.0. The summed E-state index contributed by atoms with van der Waals surface area (Å²) in [6, 6.07) is 0.894. The van der Waals surface area contributed by atoms with Gasteiger partial charge < -0.3 is 10.2 Å². The fourth-order valence-electron chi connectivity index (χ4n) is 1.57. The van der Waals surface area contributed by atoms with E-state index in [1.165, 1.54) is 0 Å². The molecule has 0 bridgehead atoms. The molecule has 1 saturated heterocycles. The highest BCUT2D eigenvalue weighted by Crippen LogP contribution is 2.20. The van der Waals surface area contributed by atoms with Gasteiger partial charge in [0.25, 0.3) is 0 Å². The lowest BCUT2D eigenvalue weighted by Crippen LogP contribution is -2.31. The van der Waals surface area contributed by atoms with Crippen LogP contribution in [0.4, 0.5) is 0 Å². The molecule has 1 fully saturated rings. The highest BCUT2D eigenvalue weighted by atomic mass is 15.3. The van der Waals surface area contributed by atoms with Crippen molar-refractivity contribution in [2.45, 2.75) is 12.1 Å². The third-order valence-corrected chi connectivity index (χ3v) is 2.31. The predicted molar refractivity (Wildman–Crippen MR) is 45.9 cm³/mol. The van der Waals surface area contributed by atoms with Crippen molar-refractivity contribution in [2.24, 2.45) is 0 Å². The van der Waals surface area contributed by atoms with Crippen LogP contribution in [0.2, 0.25) is 0 Å². The van der Waals surface area contributed by atoms with Gasteiger partial charge in [0.05, 0.1) is 17.9 Å². The zero-order valence-electron chi connectivity index (χ0n) is 6.62. The molecule has 2 aliphatic rings. The van der Waals surface area contributed by atoms with Crippen molar-refractivity contribution in [3.05, 3.63) is 36.7 Å². The van der Waals surface area contributed by atoms with Crippen molar-refractivity contribution >= 4 is 0 Å². The van der Waals surface area contributed by atoms with Crippen molar-refractivity contribution < 1.29 is 0 Å². The van der Waals surface area contributed by atoms with Crippen LogP contribution in [0.5, 0.6) is 0 Å². The summed E-state index contributed by atoms with van der Waals surface area (Å²) in [5, 5.41) is 3.30. The Morgan fingerprint density at radius 1 is 1.45 bits per heavy atom. The van der Waals surface area contributed by atoms with Crippen LogP contribution in [0, 0.1) is 0 Å². The Morgan fingerprint density at radius 2 is 2.18 bits per heavy atom. The molecule has 11 heavy (non-hydrogen) atoms. The fourth-order valence-corrected chi connectivity index (χ4v) is 1.57. The Bertz CT molecular complexity index is 240. The SMILES string of the molecule is C=C1NC2C=CC=CC2N1C. The maximum absolute atomic E-state index is 3.91. The number of hydrogen-bond acceptors (Lipinski definition) is 2. The third-order valence-electron chi connectivity index (χ3n) is 2.31. The molecule has 1 aliphatic carbocycles. The standard InChI is InChI=1S/C9H12N2/c1-7-10-8-5-3-4-6-9(8)11(7)2/h3-6,8-10H,1H2,2H3. The summed E-state index contributed by atoms with van der Waals surface area (Å²) in [7, 11) is 2.06. The fraction of sp³-hybridized carbons (Fsp3) is 0.333. The van der Waals surface area contributed by atoms with E-state index in [9.17, 15) is 0 Å². The highest BCUT2D eigenvalue weighted by molar-refractivity contribution is 5.26. The number of nitrogens with one attached hydrogen (secondary N) is 1. The maximum Gasteiger partial charge on any atom is 0.0947 e. The topological polar surface area (TPSA) is 15.3 Å². The van der Waals surface area contributed by atoms with Gasteiger partial charge >= 0.3 is 0 Å². The van der Waals surface area contributed by atoms with Gasteiger partial charge in [0.1, 0.15) is 0 Å². The summed E-state index contributed by atoms with van der Waals surface area (Å²) in [5.41, 5.74) is 0. The number of hydrogen-bond donors (Lipinski definition) is 1. The molecule has 58 valence electrons. The number of likely N-dealkylation sites (N-methyl/N-ethyl adjacent to an activating group) is 1. The molecule has 2 unspecified atom stereocenters. The molecule has 0 radical (unpaired) electrons. The van der Waals surface area contributed by atoms with Gasteiger partial charge in [0, 0.05) is 7.05 Å². The molecule has 0 aromatic rings. The van der Waals surface area contributed by atoms with Crippen LogP contribution in [0.3, 0.4) is 0 Å². The van der Waals surface area contributed by atoms with E-state index in [1.807, 2.05) is 0 Å². The summed E-state index contributed by atoms with van der Waals surface area (Å²) in [4.78, 5) is 2.16. The Morgan fingerprint density at radius 3 is 2.91 bits per heavy atom. The van der Waals surface area contributed by atoms with Gasteiger partial charge in [0.15, 0.2) is 0 Å². The van der Waals surface area contributed by atoms with E-state index in [4.69, 9.17) is 0 Å². The summed E-state index contributed by atoms with van der Waals surface area (Å²) in [6.45, 7) is 3.91. The van der Waals surface area contributed by atoms with Gasteiger partial charge in [-0.05, 0) is 0 Å². The number of rotatable bonds is 0. The van der Waals surface area contributed by atoms with E-state index < -0.39 is 0 Å². The summed E-state index contributed by atoms with van der Waals surface area (Å²) < 4.78 is 0. The van der Waals surface area contributed by atoms with Crippen LogP contribution in [0.15, 0.2) is 36.7 Å². The van der Waals surface area contributed by atoms with Crippen molar-refractivity contribution in [3.8, 4) is 0 Å². The number of fused-ring (bicyclic) bond motifs is 1. The van der Waals surface area contributed by atoms with Crippen LogP contribution >= 0.6 is 0 Å². The van der Waals surface area contributed by atoms with Gasteiger partial charge in [-0.3, -0.25) is 0 Å². The maximum atomic E-state index is 3.91. The lowest BCUT2D eigenvalue weighted by Gasteiger charge is -2.20. The molecule has 0 spiro atoms. The minimum Gasteiger partial charge on any atom is -0.364 e. The second-order valence-electron chi connectivity index (χ2n) is 2.99. The zero-order valence-corrected chi connectivity index (χ0v) is 6.62. The normalized spacial score (nSPS) is 33.9. The van der Waals surface area contributed by atoms with Crippen LogP contribution in [0.1, 0.15) is 0 Å². The van der Waals surface area contributed by atoms with Crippen LogP contribution in [-0.2, 0) is 0 Å². The molecule has 1 N–H and O–H groups in total. The molecule has 0 saturated carbocycles. The van der Waals surface area contributed by atoms with Gasteiger partial charge in [-0.2, -0.15) is 0 Å². The first-order chi connectivity index (χ1) is 5.29. The summed E-state index contributed by atoms with van der Waals surface area (Å²) >= 11 is 0. The highest BCUT2D eigenvalue weighted by Gasteiger charge is 2.30. The van der Waals surface area contributed by atoms with Gasteiger partial charge in [0.2, 0.25) is 0 Å². The lowest BCUT2D eigenvalue weighted by molar-refractivity contribution is 0.401. The molecule has 1 aliphatic heterocycles. The second kappa shape index (κ2) is 2.16. The van der Waals surface area contributed by atoms with E-state index in [0.717, 1.165) is 5.82 Å². The van der Waals surface area contributed by atoms with E-state index in [1.54, 1.807) is 0 Å². The Hall–Kier alpha value is -1.18. The van der Waals surface area contributed by atoms with Crippen molar-refractivity contribution in [3.63, 3.8) is 0 Å². The zero-order chi connectivity index (χ0) is 7.84. The van der Waals surface area contributed by atoms with Crippen LogP contribution in [0.25, 0.3) is 0 Å². The molecule has 2 rings (SSSR count). The van der Waals surface area contributed by atoms with Gasteiger partial charge in [-0.25, -0.2) is 0 Å². The predicted octanol–water partition coefficient (Wildman–Crippen LogP) is 0.856. The largest absolute Gasteiger partial charge is 0.364 e. The molecular weight excluding hydrogens is 136 g/mol. The molecule has 1 heterocycles. The molecule has 0 aromatic carbocycles. The quantitative estimate of drug-likeness (QED) is 0.548. The van der Waals surface area contributed by atoms with E-state index in [-0.39, 0.29) is 0 Å². The second-order valence-corrected chi connectivity index (χ2v) is 2.99. The molecular formula is C9H12N2. The molecule has 0 amide bonds. The molecule has 2 atom stereocenters. The first-order valence-electron chi connectivity index (χ1n) is 3.82. The third kappa shape index (κ3) is 0.862. The van der Waals surface area contributed by atoms with Crippen molar-refractivity contribution in [1.29, 1.82) is 0 Å². The Kier molecular flexibility index (Phi) is 1.28. The van der Waals surface area contributed by atoms with Crippen LogP contribution < -0.4 is 5.32 Å². The van der Waals surface area contributed by atoms with E-state index in [2.05, 4.69) is 48.1 Å². The van der Waals surface area contributed by atoms with Crippen molar-refractivity contribution in [2.75, 3.05) is 7.05 Å². The smallest absolute Gasteiger partial charge is 0.0947 e. The minimum absolute atomic E-state index is 0.428. The summed E-state index contributed by atoms with van der Waals surface area (Å²) in [6.07, 6.45) is 8.51. The number of nitrogens with zero attached hydrogens (tertiary/aromatic N) is 1. The van der Waals surface area contributed by atoms with E-state index >= 15 is 0 Å². The van der Waals surface area contributed by atoms with E-state index in [0.29, 0.717) is 12.1 Å². The number of allylic oxidation sites excluding steroid dienone is 2. The molecule has 0 aromatic heterocycles. The average Bonchev–Trinajstić information content (AvgIpc) is 2.30. The minimum atomic E-state index is 0.428. The van der Waals surface area contributed by atoms with Crippen molar-refractivity contribution in [1.82, 2.24) is 10.2 Å². The Labute approximate surface area is 66.9 Å². The van der Waals surface area contributed by atoms with Gasteiger partial charge in [-0.1, -0.05) is 30.9 Å². The Balaban J connectivity index is 2.27. The van der Waals surface area contributed by atoms with Gasteiger partial charge in [-0.15, -0.1) is 0 Å². The van der Waals surface area contributed by atoms with Crippen LogP contribution in [-0.4, -0.2) is 24.0 Å². The first kappa shape index (κ1) is 6.53. The average molecular weight is 148 g/mol. The molecule has 2 heteroatoms.